The van der Waals surface area contributed by atoms with Crippen molar-refractivity contribution in [2.75, 3.05) is 6.54 Å². The molecule has 24 heavy (non-hydrogen) atoms. The highest BCUT2D eigenvalue weighted by atomic mass is 35.5. The quantitative estimate of drug-likeness (QED) is 0.670. The Kier molecular flexibility index (Phi) is 4.12. The fraction of sp³-hybridized carbons (Fsp3) is 0.222. The minimum atomic E-state index is -0.113. The summed E-state index contributed by atoms with van der Waals surface area (Å²) in [6.07, 6.45) is 3.28. The van der Waals surface area contributed by atoms with E-state index in [9.17, 15) is 4.79 Å². The number of carbonyl (C=O) groups is 1. The van der Waals surface area contributed by atoms with Gasteiger partial charge in [-0.1, -0.05) is 23.7 Å². The third-order valence-electron chi connectivity index (χ3n) is 4.21. The van der Waals surface area contributed by atoms with Gasteiger partial charge in [0.25, 0.3) is 5.91 Å². The van der Waals surface area contributed by atoms with Crippen LogP contribution in [0.25, 0.3) is 11.3 Å². The molecule has 0 saturated carbocycles. The van der Waals surface area contributed by atoms with E-state index in [-0.39, 0.29) is 5.91 Å². The first-order valence-corrected chi connectivity index (χ1v) is 9.02. The van der Waals surface area contributed by atoms with E-state index in [4.69, 9.17) is 16.0 Å². The van der Waals surface area contributed by atoms with Gasteiger partial charge in [0, 0.05) is 23.5 Å². The van der Waals surface area contributed by atoms with E-state index < -0.39 is 0 Å². The molecular weight excluding hydrogens is 344 g/mol. The number of rotatable bonds is 2. The lowest BCUT2D eigenvalue weighted by atomic mass is 10.1. The van der Waals surface area contributed by atoms with Crippen LogP contribution in [0.5, 0.6) is 0 Å². The van der Waals surface area contributed by atoms with Crippen molar-refractivity contribution >= 4 is 28.8 Å². The minimum Gasteiger partial charge on any atom is -0.443 e. The highest BCUT2D eigenvalue weighted by Crippen LogP contribution is 2.31. The van der Waals surface area contributed by atoms with Gasteiger partial charge in [-0.2, -0.15) is 0 Å². The zero-order chi connectivity index (χ0) is 16.5. The molecule has 0 radical (unpaired) electrons. The van der Waals surface area contributed by atoms with Crippen molar-refractivity contribution in [3.8, 4) is 11.3 Å². The molecule has 0 atom stereocenters. The van der Waals surface area contributed by atoms with Gasteiger partial charge in [0.15, 0.2) is 17.8 Å². The minimum absolute atomic E-state index is 0.113. The number of aromatic nitrogens is 1. The van der Waals surface area contributed by atoms with Crippen molar-refractivity contribution in [1.29, 1.82) is 0 Å². The van der Waals surface area contributed by atoms with Crippen LogP contribution in [0, 0.1) is 0 Å². The van der Waals surface area contributed by atoms with E-state index in [1.54, 1.807) is 17.4 Å². The molecule has 0 spiro atoms. The van der Waals surface area contributed by atoms with Gasteiger partial charge in [0.2, 0.25) is 0 Å². The zero-order valence-electron chi connectivity index (χ0n) is 12.9. The van der Waals surface area contributed by atoms with Crippen molar-refractivity contribution in [1.82, 2.24) is 9.88 Å². The number of fused-ring (bicyclic) bond motifs is 1. The largest absolute Gasteiger partial charge is 0.443 e. The Morgan fingerprint density at radius 2 is 2.17 bits per heavy atom. The number of halogens is 1. The number of benzene rings is 1. The Balaban J connectivity index is 1.67. The number of aryl methyl sites for hydroxylation is 1. The summed E-state index contributed by atoms with van der Waals surface area (Å²) in [5.41, 5.74) is 2.24. The molecule has 3 aromatic rings. The monoisotopic (exact) mass is 358 g/mol. The fourth-order valence-electron chi connectivity index (χ4n) is 3.00. The van der Waals surface area contributed by atoms with Gasteiger partial charge in [-0.15, -0.1) is 11.3 Å². The number of hydrogen-bond donors (Lipinski definition) is 0. The Hall–Kier alpha value is -2.11. The normalized spacial score (nSPS) is 14.3. The smallest absolute Gasteiger partial charge is 0.276 e. The molecule has 4 nitrogen and oxygen atoms in total. The molecule has 122 valence electrons. The van der Waals surface area contributed by atoms with E-state index in [1.165, 1.54) is 16.8 Å². The topological polar surface area (TPSA) is 46.3 Å². The first-order chi connectivity index (χ1) is 11.7. The van der Waals surface area contributed by atoms with E-state index in [0.29, 0.717) is 28.6 Å². The highest BCUT2D eigenvalue weighted by Gasteiger charge is 2.26. The molecule has 6 heteroatoms. The molecule has 0 aliphatic carbocycles. The summed E-state index contributed by atoms with van der Waals surface area (Å²) in [6.45, 7) is 1.33. The Morgan fingerprint density at radius 1 is 1.29 bits per heavy atom. The van der Waals surface area contributed by atoms with E-state index in [2.05, 4.69) is 16.4 Å². The zero-order valence-corrected chi connectivity index (χ0v) is 14.4. The summed E-state index contributed by atoms with van der Waals surface area (Å²) >= 11 is 8.01. The predicted molar refractivity (Wildman–Crippen MR) is 94.3 cm³/mol. The van der Waals surface area contributed by atoms with Crippen LogP contribution in [-0.4, -0.2) is 22.3 Å². The number of hydrogen-bond acceptors (Lipinski definition) is 4. The summed E-state index contributed by atoms with van der Waals surface area (Å²) < 4.78 is 5.49. The summed E-state index contributed by atoms with van der Waals surface area (Å²) in [5, 5.41) is 2.63. The fourth-order valence-corrected chi connectivity index (χ4v) is 4.16. The second kappa shape index (κ2) is 6.42. The summed E-state index contributed by atoms with van der Waals surface area (Å²) in [6, 6.07) is 9.41. The molecule has 1 aliphatic heterocycles. The lowest BCUT2D eigenvalue weighted by Crippen LogP contribution is -2.31. The SMILES string of the molecule is O=C(c1ncoc1-c1ccccc1Cl)N1CCCc2sccc2C1. The molecule has 0 unspecified atom stereocenters. The van der Waals surface area contributed by atoms with Crippen LogP contribution in [0.4, 0.5) is 0 Å². The van der Waals surface area contributed by atoms with Gasteiger partial charge >= 0.3 is 0 Å². The second-order valence-corrected chi connectivity index (χ2v) is 7.12. The highest BCUT2D eigenvalue weighted by molar-refractivity contribution is 7.10. The van der Waals surface area contributed by atoms with Gasteiger partial charge in [0.1, 0.15) is 0 Å². The van der Waals surface area contributed by atoms with Crippen LogP contribution in [0.1, 0.15) is 27.3 Å². The van der Waals surface area contributed by atoms with Crippen LogP contribution < -0.4 is 0 Å². The van der Waals surface area contributed by atoms with Gasteiger partial charge in [-0.3, -0.25) is 4.79 Å². The van der Waals surface area contributed by atoms with Gasteiger partial charge in [-0.05, 0) is 42.0 Å². The molecule has 1 aromatic carbocycles. The predicted octanol–water partition coefficient (Wildman–Crippen LogP) is 4.65. The summed E-state index contributed by atoms with van der Waals surface area (Å²) in [7, 11) is 0. The number of amides is 1. The van der Waals surface area contributed by atoms with Crippen molar-refractivity contribution < 1.29 is 9.21 Å². The molecule has 0 N–H and O–H groups in total. The standard InChI is InChI=1S/C18H15ClN2O2S/c19-14-5-2-1-4-13(14)17-16(20-11-23-17)18(22)21-8-3-6-15-12(10-21)7-9-24-15/h1-2,4-5,7,9,11H,3,6,8,10H2. The maximum atomic E-state index is 13.0. The molecular formula is C18H15ClN2O2S. The molecule has 4 rings (SSSR count). The van der Waals surface area contributed by atoms with Crippen molar-refractivity contribution in [3.05, 3.63) is 63.3 Å². The Labute approximate surface area is 148 Å². The first-order valence-electron chi connectivity index (χ1n) is 7.77. The summed E-state index contributed by atoms with van der Waals surface area (Å²) in [5.74, 6) is 0.318. The van der Waals surface area contributed by atoms with Crippen molar-refractivity contribution in [2.45, 2.75) is 19.4 Å². The number of oxazole rings is 1. The Bertz CT molecular complexity index is 887. The van der Waals surface area contributed by atoms with E-state index in [0.717, 1.165) is 19.4 Å². The van der Waals surface area contributed by atoms with Gasteiger partial charge < -0.3 is 9.32 Å². The van der Waals surface area contributed by atoms with Gasteiger partial charge in [0.05, 0.1) is 5.02 Å². The van der Waals surface area contributed by atoms with Crippen molar-refractivity contribution in [3.63, 3.8) is 0 Å². The molecule has 0 fully saturated rings. The number of thiophene rings is 1. The molecule has 2 aromatic heterocycles. The van der Waals surface area contributed by atoms with E-state index >= 15 is 0 Å². The average Bonchev–Trinajstić information content (AvgIpc) is 3.20. The summed E-state index contributed by atoms with van der Waals surface area (Å²) in [4.78, 5) is 20.4. The Morgan fingerprint density at radius 3 is 3.04 bits per heavy atom. The molecule has 1 aliphatic rings. The molecule has 0 saturated heterocycles. The first kappa shape index (κ1) is 15.4. The van der Waals surface area contributed by atoms with Crippen LogP contribution >= 0.6 is 22.9 Å². The van der Waals surface area contributed by atoms with Crippen LogP contribution in [0.2, 0.25) is 5.02 Å². The van der Waals surface area contributed by atoms with Gasteiger partial charge in [-0.25, -0.2) is 4.98 Å². The molecule has 0 bridgehead atoms. The third-order valence-corrected chi connectivity index (χ3v) is 5.56. The maximum Gasteiger partial charge on any atom is 0.276 e. The van der Waals surface area contributed by atoms with Crippen LogP contribution in [0.3, 0.4) is 0 Å². The maximum absolute atomic E-state index is 13.0. The number of nitrogens with zero attached hydrogens (tertiary/aromatic N) is 2. The third kappa shape index (κ3) is 2.74. The second-order valence-electron chi connectivity index (χ2n) is 5.71. The number of carbonyl (C=O) groups excluding carboxylic acids is 1. The average molecular weight is 359 g/mol. The van der Waals surface area contributed by atoms with E-state index in [1.807, 2.05) is 23.1 Å². The van der Waals surface area contributed by atoms with Crippen LogP contribution in [0.15, 0.2) is 46.5 Å². The molecule has 3 heterocycles. The lowest BCUT2D eigenvalue weighted by molar-refractivity contribution is 0.0741. The van der Waals surface area contributed by atoms with Crippen LogP contribution in [-0.2, 0) is 13.0 Å². The van der Waals surface area contributed by atoms with Crippen molar-refractivity contribution in [2.24, 2.45) is 0 Å². The lowest BCUT2D eigenvalue weighted by Gasteiger charge is -2.19. The molecule has 1 amide bonds.